The van der Waals surface area contributed by atoms with Crippen LogP contribution in [-0.2, 0) is 9.59 Å². The van der Waals surface area contributed by atoms with E-state index in [9.17, 15) is 9.59 Å². The van der Waals surface area contributed by atoms with Crippen LogP contribution in [-0.4, -0.2) is 31.0 Å². The Hall–Kier alpha value is -2.04. The third kappa shape index (κ3) is 3.05. The Morgan fingerprint density at radius 3 is 2.63 bits per heavy atom. The van der Waals surface area contributed by atoms with E-state index in [2.05, 4.69) is 5.32 Å². The van der Waals surface area contributed by atoms with Gasteiger partial charge < -0.3 is 15.0 Å². The molecule has 0 spiro atoms. The van der Waals surface area contributed by atoms with Crippen molar-refractivity contribution in [1.29, 1.82) is 0 Å². The second kappa shape index (κ2) is 5.73. The van der Waals surface area contributed by atoms with E-state index in [4.69, 9.17) is 4.74 Å². The van der Waals surface area contributed by atoms with E-state index < -0.39 is 6.04 Å². The van der Waals surface area contributed by atoms with Gasteiger partial charge in [0.1, 0.15) is 11.8 Å². The van der Waals surface area contributed by atoms with Gasteiger partial charge in [0, 0.05) is 18.7 Å². The number of carbonyl (C=O) groups excluding carboxylic acids is 2. The Kier molecular flexibility index (Phi) is 4.04. The predicted octanol–water partition coefficient (Wildman–Crippen LogP) is 1.33. The van der Waals surface area contributed by atoms with E-state index in [1.165, 1.54) is 0 Å². The fourth-order valence-electron chi connectivity index (χ4n) is 2.08. The molecule has 1 atom stereocenters. The topological polar surface area (TPSA) is 58.6 Å². The average molecular weight is 262 g/mol. The van der Waals surface area contributed by atoms with E-state index in [0.29, 0.717) is 19.6 Å². The van der Waals surface area contributed by atoms with Gasteiger partial charge in [-0.25, -0.2) is 0 Å². The van der Waals surface area contributed by atoms with Gasteiger partial charge in [0.25, 0.3) is 0 Å². The highest BCUT2D eigenvalue weighted by Gasteiger charge is 2.27. The Bertz CT molecular complexity index is 470. The maximum Gasteiger partial charge on any atom is 0.249 e. The molecule has 2 rings (SSSR count). The molecule has 2 amide bonds. The number of rotatable bonds is 3. The lowest BCUT2D eigenvalue weighted by Crippen LogP contribution is -2.42. The molecule has 0 radical (unpaired) electrons. The van der Waals surface area contributed by atoms with Crippen molar-refractivity contribution < 1.29 is 14.3 Å². The molecule has 0 saturated carbocycles. The van der Waals surface area contributed by atoms with Crippen molar-refractivity contribution in [3.8, 4) is 5.75 Å². The lowest BCUT2D eigenvalue weighted by atomic mass is 10.2. The van der Waals surface area contributed by atoms with Crippen molar-refractivity contribution >= 4 is 17.5 Å². The summed E-state index contributed by atoms with van der Waals surface area (Å²) in [5.74, 6) is 0.597. The molecule has 1 N–H and O–H groups in total. The van der Waals surface area contributed by atoms with Crippen molar-refractivity contribution in [2.45, 2.75) is 26.3 Å². The normalized spacial score (nSPS) is 19.9. The SMILES string of the molecule is CCOc1ccc(N2CCC(=O)NC(C)C2=O)cc1. The molecule has 0 aromatic heterocycles. The van der Waals surface area contributed by atoms with E-state index in [-0.39, 0.29) is 11.8 Å². The summed E-state index contributed by atoms with van der Waals surface area (Å²) in [7, 11) is 0. The van der Waals surface area contributed by atoms with Crippen LogP contribution >= 0.6 is 0 Å². The number of anilines is 1. The molecule has 0 aliphatic carbocycles. The molecule has 0 bridgehead atoms. The number of ether oxygens (including phenoxy) is 1. The van der Waals surface area contributed by atoms with Gasteiger partial charge in [0.2, 0.25) is 11.8 Å². The maximum atomic E-state index is 12.2. The summed E-state index contributed by atoms with van der Waals surface area (Å²) in [6.07, 6.45) is 0.323. The zero-order valence-electron chi connectivity index (χ0n) is 11.2. The number of amides is 2. The number of benzene rings is 1. The van der Waals surface area contributed by atoms with Crippen molar-refractivity contribution in [2.75, 3.05) is 18.1 Å². The number of carbonyl (C=O) groups is 2. The molecule has 1 unspecified atom stereocenters. The highest BCUT2D eigenvalue weighted by Crippen LogP contribution is 2.21. The third-order valence-corrected chi connectivity index (χ3v) is 3.04. The molecule has 1 saturated heterocycles. The van der Waals surface area contributed by atoms with Crippen LogP contribution < -0.4 is 15.0 Å². The van der Waals surface area contributed by atoms with Crippen molar-refractivity contribution in [1.82, 2.24) is 5.32 Å². The standard InChI is InChI=1S/C14H18N2O3/c1-3-19-12-6-4-11(5-7-12)16-9-8-13(17)15-10(2)14(16)18/h4-7,10H,3,8-9H2,1-2H3,(H,15,17). The summed E-state index contributed by atoms with van der Waals surface area (Å²) in [6.45, 7) is 4.64. The van der Waals surface area contributed by atoms with Crippen LogP contribution in [0.3, 0.4) is 0 Å². The summed E-state index contributed by atoms with van der Waals surface area (Å²) in [4.78, 5) is 25.3. The molecular weight excluding hydrogens is 244 g/mol. The van der Waals surface area contributed by atoms with Crippen LogP contribution in [0.25, 0.3) is 0 Å². The molecule has 1 aliphatic heterocycles. The van der Waals surface area contributed by atoms with Gasteiger partial charge in [0.15, 0.2) is 0 Å². The molecule has 1 fully saturated rings. The van der Waals surface area contributed by atoms with Crippen molar-refractivity contribution in [3.05, 3.63) is 24.3 Å². The first-order valence-electron chi connectivity index (χ1n) is 6.45. The Labute approximate surface area is 112 Å². The number of nitrogens with one attached hydrogen (secondary N) is 1. The second-order valence-electron chi connectivity index (χ2n) is 4.46. The van der Waals surface area contributed by atoms with E-state index in [1.54, 1.807) is 11.8 Å². The molecule has 5 heteroatoms. The summed E-state index contributed by atoms with van der Waals surface area (Å²) < 4.78 is 5.37. The monoisotopic (exact) mass is 262 g/mol. The van der Waals surface area contributed by atoms with Gasteiger partial charge in [-0.1, -0.05) is 0 Å². The fraction of sp³-hybridized carbons (Fsp3) is 0.429. The summed E-state index contributed by atoms with van der Waals surface area (Å²) in [6, 6.07) is 6.85. The summed E-state index contributed by atoms with van der Waals surface area (Å²) in [5.41, 5.74) is 0.789. The molecule has 1 aliphatic rings. The van der Waals surface area contributed by atoms with Gasteiger partial charge in [-0.3, -0.25) is 9.59 Å². The lowest BCUT2D eigenvalue weighted by Gasteiger charge is -2.22. The highest BCUT2D eigenvalue weighted by molar-refractivity contribution is 6.00. The second-order valence-corrected chi connectivity index (χ2v) is 4.46. The van der Waals surface area contributed by atoms with Crippen molar-refractivity contribution in [3.63, 3.8) is 0 Å². The third-order valence-electron chi connectivity index (χ3n) is 3.04. The smallest absolute Gasteiger partial charge is 0.249 e. The van der Waals surface area contributed by atoms with Crippen LogP contribution in [0.15, 0.2) is 24.3 Å². The van der Waals surface area contributed by atoms with E-state index in [0.717, 1.165) is 11.4 Å². The van der Waals surface area contributed by atoms with Crippen LogP contribution in [0.1, 0.15) is 20.3 Å². The minimum absolute atomic E-state index is 0.0880. The van der Waals surface area contributed by atoms with E-state index >= 15 is 0 Å². The predicted molar refractivity (Wildman–Crippen MR) is 72.2 cm³/mol. The van der Waals surface area contributed by atoms with Crippen LogP contribution in [0.5, 0.6) is 5.75 Å². The molecule has 19 heavy (non-hydrogen) atoms. The quantitative estimate of drug-likeness (QED) is 0.894. The Balaban J connectivity index is 2.19. The summed E-state index contributed by atoms with van der Waals surface area (Å²) in [5, 5.41) is 2.67. The average Bonchev–Trinajstić information content (AvgIpc) is 2.52. The van der Waals surface area contributed by atoms with Crippen LogP contribution in [0.4, 0.5) is 5.69 Å². The van der Waals surface area contributed by atoms with Crippen LogP contribution in [0.2, 0.25) is 0 Å². The molecule has 1 aromatic rings. The first-order chi connectivity index (χ1) is 9.11. The molecule has 1 aromatic carbocycles. The number of nitrogens with zero attached hydrogens (tertiary/aromatic N) is 1. The largest absolute Gasteiger partial charge is 0.494 e. The fourth-order valence-corrected chi connectivity index (χ4v) is 2.08. The van der Waals surface area contributed by atoms with E-state index in [1.807, 2.05) is 31.2 Å². The highest BCUT2D eigenvalue weighted by atomic mass is 16.5. The Morgan fingerprint density at radius 1 is 1.32 bits per heavy atom. The minimum atomic E-state index is -0.485. The van der Waals surface area contributed by atoms with Gasteiger partial charge in [0.05, 0.1) is 6.61 Å². The zero-order valence-corrected chi connectivity index (χ0v) is 11.2. The lowest BCUT2D eigenvalue weighted by molar-refractivity contribution is -0.125. The van der Waals surface area contributed by atoms with Crippen molar-refractivity contribution in [2.24, 2.45) is 0 Å². The van der Waals surface area contributed by atoms with Gasteiger partial charge in [-0.05, 0) is 38.1 Å². The number of hydrogen-bond donors (Lipinski definition) is 1. The molecule has 102 valence electrons. The number of hydrogen-bond acceptors (Lipinski definition) is 3. The Morgan fingerprint density at radius 2 is 2.00 bits per heavy atom. The summed E-state index contributed by atoms with van der Waals surface area (Å²) >= 11 is 0. The van der Waals surface area contributed by atoms with Gasteiger partial charge >= 0.3 is 0 Å². The first-order valence-corrected chi connectivity index (χ1v) is 6.45. The van der Waals surface area contributed by atoms with Crippen LogP contribution in [0, 0.1) is 0 Å². The minimum Gasteiger partial charge on any atom is -0.494 e. The molecule has 5 nitrogen and oxygen atoms in total. The zero-order chi connectivity index (χ0) is 13.8. The first kappa shape index (κ1) is 13.4. The maximum absolute atomic E-state index is 12.2. The molecule has 1 heterocycles. The van der Waals surface area contributed by atoms with Gasteiger partial charge in [-0.2, -0.15) is 0 Å². The molecular formula is C14H18N2O3. The van der Waals surface area contributed by atoms with Gasteiger partial charge in [-0.15, -0.1) is 0 Å².